The van der Waals surface area contributed by atoms with Crippen LogP contribution in [-0.4, -0.2) is 36.0 Å². The Labute approximate surface area is 185 Å². The highest BCUT2D eigenvalue weighted by Crippen LogP contribution is 2.62. The molecule has 1 atom stereocenters. The van der Waals surface area contributed by atoms with E-state index in [1.807, 2.05) is 13.8 Å². The molecule has 2 aliphatic carbocycles. The van der Waals surface area contributed by atoms with Crippen molar-refractivity contribution in [2.75, 3.05) is 7.11 Å². The summed E-state index contributed by atoms with van der Waals surface area (Å²) in [4.78, 5) is 21.0. The number of amides is 1. The summed E-state index contributed by atoms with van der Waals surface area (Å²) in [5.41, 5.74) is 2.32. The molecule has 3 aliphatic rings. The van der Waals surface area contributed by atoms with Gasteiger partial charge < -0.3 is 10.6 Å². The molecule has 2 N–H and O–H groups in total. The Balaban J connectivity index is 1.90. The molecule has 1 saturated carbocycles. The van der Waals surface area contributed by atoms with Gasteiger partial charge in [-0.1, -0.05) is 42.4 Å². The van der Waals surface area contributed by atoms with Gasteiger partial charge in [-0.2, -0.15) is 0 Å². The Bertz CT molecular complexity index is 915. The Morgan fingerprint density at radius 1 is 1.26 bits per heavy atom. The maximum atomic E-state index is 14.2. The van der Waals surface area contributed by atoms with Crippen molar-refractivity contribution in [1.29, 1.82) is 0 Å². The fourth-order valence-electron chi connectivity index (χ4n) is 6.03. The van der Waals surface area contributed by atoms with Crippen LogP contribution in [0.5, 0.6) is 0 Å². The summed E-state index contributed by atoms with van der Waals surface area (Å²) in [6, 6.07) is 6.59. The second-order valence-electron chi connectivity index (χ2n) is 10.1. The zero-order chi connectivity index (χ0) is 22.4. The molecule has 1 unspecified atom stereocenters. The van der Waals surface area contributed by atoms with Crippen molar-refractivity contribution in [3.63, 3.8) is 0 Å². The van der Waals surface area contributed by atoms with E-state index in [1.54, 1.807) is 12.0 Å². The first-order chi connectivity index (χ1) is 14.8. The standard InChI is InChI=1S/C24H35N5O2/c1-15(2)12-17-6-7-18-14-23(10-8-19(31-5)9-11-23)24(20(18)13-17)21(30)29(16(3)4)22(26-24)27-28-25/h6-7,13,15-16,19H,8-12,14H2,1-5H3,(H2,25,26,27). The molecule has 1 aromatic rings. The summed E-state index contributed by atoms with van der Waals surface area (Å²) in [7, 11) is 1.78. The number of aliphatic imine (C=N–C) groups is 1. The summed E-state index contributed by atoms with van der Waals surface area (Å²) in [6.45, 7) is 8.40. The predicted octanol–water partition coefficient (Wildman–Crippen LogP) is 4.14. The molecular weight excluding hydrogens is 390 g/mol. The largest absolute Gasteiger partial charge is 0.381 e. The van der Waals surface area contributed by atoms with Gasteiger partial charge in [-0.15, -0.1) is 0 Å². The number of carbonyl (C=O) groups is 1. The number of methoxy groups -OCH3 is 1. The van der Waals surface area contributed by atoms with Crippen molar-refractivity contribution in [2.45, 2.75) is 83.9 Å². The molecule has 31 heavy (non-hydrogen) atoms. The van der Waals surface area contributed by atoms with Crippen LogP contribution in [-0.2, 0) is 27.9 Å². The number of ether oxygens (including phenoxy) is 1. The lowest BCUT2D eigenvalue weighted by Crippen LogP contribution is -2.53. The van der Waals surface area contributed by atoms with Gasteiger partial charge in [0.1, 0.15) is 0 Å². The molecule has 7 nitrogen and oxygen atoms in total. The summed E-state index contributed by atoms with van der Waals surface area (Å²) in [5, 5.41) is 7.57. The number of nitrogens with two attached hydrogens (primary N) is 1. The number of carbonyl (C=O) groups excluding carboxylic acids is 1. The first-order valence-electron chi connectivity index (χ1n) is 11.5. The molecule has 4 rings (SSSR count). The van der Waals surface area contributed by atoms with Gasteiger partial charge in [0.05, 0.1) is 6.10 Å². The second-order valence-corrected chi connectivity index (χ2v) is 10.1. The lowest BCUT2D eigenvalue weighted by atomic mass is 9.61. The van der Waals surface area contributed by atoms with Crippen LogP contribution in [0.1, 0.15) is 70.1 Å². The van der Waals surface area contributed by atoms with Crippen LogP contribution in [0.2, 0.25) is 0 Å². The van der Waals surface area contributed by atoms with Crippen molar-refractivity contribution >= 4 is 11.9 Å². The number of rotatable bonds is 4. The predicted molar refractivity (Wildman–Crippen MR) is 121 cm³/mol. The van der Waals surface area contributed by atoms with Crippen LogP contribution in [0.25, 0.3) is 0 Å². The van der Waals surface area contributed by atoms with Crippen LogP contribution >= 0.6 is 0 Å². The molecule has 2 spiro atoms. The molecule has 1 aliphatic heterocycles. The Morgan fingerprint density at radius 3 is 2.55 bits per heavy atom. The third-order valence-corrected chi connectivity index (χ3v) is 7.40. The minimum absolute atomic E-state index is 0.0150. The highest BCUT2D eigenvalue weighted by atomic mass is 16.5. The van der Waals surface area contributed by atoms with Crippen LogP contribution < -0.4 is 5.84 Å². The van der Waals surface area contributed by atoms with E-state index in [9.17, 15) is 4.79 Å². The van der Waals surface area contributed by atoms with Crippen LogP contribution in [0.4, 0.5) is 0 Å². The van der Waals surface area contributed by atoms with Crippen molar-refractivity contribution in [2.24, 2.45) is 32.5 Å². The van der Waals surface area contributed by atoms with Gasteiger partial charge in [-0.25, -0.2) is 4.99 Å². The fraction of sp³-hybridized carbons (Fsp3) is 0.667. The number of benzene rings is 1. The van der Waals surface area contributed by atoms with Crippen molar-refractivity contribution < 1.29 is 9.53 Å². The number of nitrogens with zero attached hydrogens (tertiary/aromatic N) is 4. The zero-order valence-corrected chi connectivity index (χ0v) is 19.4. The van der Waals surface area contributed by atoms with Crippen molar-refractivity contribution in [1.82, 2.24) is 4.90 Å². The summed E-state index contributed by atoms with van der Waals surface area (Å²) >= 11 is 0. The van der Waals surface area contributed by atoms with Crippen LogP contribution in [0, 0.1) is 11.3 Å². The third-order valence-electron chi connectivity index (χ3n) is 7.40. The average molecular weight is 426 g/mol. The molecule has 7 heteroatoms. The smallest absolute Gasteiger partial charge is 0.262 e. The Morgan fingerprint density at radius 2 is 1.97 bits per heavy atom. The van der Waals surface area contributed by atoms with E-state index < -0.39 is 5.54 Å². The molecule has 1 aromatic carbocycles. The van der Waals surface area contributed by atoms with Crippen LogP contribution in [0.15, 0.2) is 33.5 Å². The summed E-state index contributed by atoms with van der Waals surface area (Å²) in [6.07, 6.45) is 5.74. The average Bonchev–Trinajstić information content (AvgIpc) is 3.16. The van der Waals surface area contributed by atoms with E-state index in [1.165, 1.54) is 11.1 Å². The quantitative estimate of drug-likeness (QED) is 0.446. The first-order valence-corrected chi connectivity index (χ1v) is 11.5. The minimum atomic E-state index is -0.957. The van der Waals surface area contributed by atoms with Gasteiger partial charge in [0.25, 0.3) is 11.9 Å². The topological polar surface area (TPSA) is 92.6 Å². The van der Waals surface area contributed by atoms with Gasteiger partial charge >= 0.3 is 0 Å². The molecule has 0 aromatic heterocycles. The molecule has 0 radical (unpaired) electrons. The van der Waals surface area contributed by atoms with Crippen molar-refractivity contribution in [3.8, 4) is 0 Å². The summed E-state index contributed by atoms with van der Waals surface area (Å²) in [5.74, 6) is 6.29. The lowest BCUT2D eigenvalue weighted by Gasteiger charge is -2.45. The molecule has 1 fully saturated rings. The third kappa shape index (κ3) is 3.28. The molecule has 1 amide bonds. The highest BCUT2D eigenvalue weighted by molar-refractivity contribution is 6.09. The van der Waals surface area contributed by atoms with Crippen LogP contribution in [0.3, 0.4) is 0 Å². The number of hydrogen-bond donors (Lipinski definition) is 1. The molecule has 0 saturated heterocycles. The fourth-order valence-corrected chi connectivity index (χ4v) is 6.03. The number of guanidine groups is 1. The summed E-state index contributed by atoms with van der Waals surface area (Å²) < 4.78 is 5.65. The first kappa shape index (κ1) is 21.9. The van der Waals surface area contributed by atoms with E-state index >= 15 is 0 Å². The van der Waals surface area contributed by atoms with Gasteiger partial charge in [0.15, 0.2) is 5.54 Å². The minimum Gasteiger partial charge on any atom is -0.381 e. The highest BCUT2D eigenvalue weighted by Gasteiger charge is 2.67. The number of hydrogen-bond acceptors (Lipinski definition) is 5. The van der Waals surface area contributed by atoms with E-state index in [2.05, 4.69) is 42.4 Å². The SMILES string of the molecule is COC1CCC2(CC1)Cc1ccc(CC(C)C)cc1C21N=C(N=NN)N(C(C)C)C1=O. The number of fused-ring (bicyclic) bond motifs is 3. The molecule has 168 valence electrons. The Hall–Kier alpha value is -2.28. The molecular formula is C24H35N5O2. The van der Waals surface area contributed by atoms with Gasteiger partial charge in [0, 0.05) is 18.6 Å². The van der Waals surface area contributed by atoms with E-state index in [-0.39, 0.29) is 23.5 Å². The van der Waals surface area contributed by atoms with Crippen molar-refractivity contribution in [3.05, 3.63) is 34.9 Å². The zero-order valence-electron chi connectivity index (χ0n) is 19.4. The van der Waals surface area contributed by atoms with E-state index in [0.29, 0.717) is 11.9 Å². The van der Waals surface area contributed by atoms with E-state index in [0.717, 1.165) is 44.1 Å². The maximum absolute atomic E-state index is 14.2. The van der Waals surface area contributed by atoms with Gasteiger partial charge in [0.2, 0.25) is 0 Å². The molecule has 1 heterocycles. The van der Waals surface area contributed by atoms with E-state index in [4.69, 9.17) is 15.6 Å². The normalized spacial score (nSPS) is 30.4. The molecule has 0 bridgehead atoms. The Kier molecular flexibility index (Phi) is 5.66. The van der Waals surface area contributed by atoms with Gasteiger partial charge in [-0.05, 0) is 75.0 Å². The second kappa shape index (κ2) is 8.01. The monoisotopic (exact) mass is 425 g/mol. The lowest BCUT2D eigenvalue weighted by molar-refractivity contribution is -0.139. The van der Waals surface area contributed by atoms with Gasteiger partial charge in [-0.3, -0.25) is 9.69 Å². The maximum Gasteiger partial charge on any atom is 0.262 e.